The van der Waals surface area contributed by atoms with Crippen LogP contribution in [0, 0.1) is 0 Å². The normalized spacial score (nSPS) is 11.1. The lowest BCUT2D eigenvalue weighted by Crippen LogP contribution is -2.17. The van der Waals surface area contributed by atoms with Crippen molar-refractivity contribution in [1.29, 1.82) is 0 Å². The lowest BCUT2D eigenvalue weighted by atomic mass is 10.1. The van der Waals surface area contributed by atoms with Crippen LogP contribution in [0.3, 0.4) is 0 Å². The van der Waals surface area contributed by atoms with Crippen LogP contribution < -0.4 is 5.43 Å². The lowest BCUT2D eigenvalue weighted by molar-refractivity contribution is 0.0955. The van der Waals surface area contributed by atoms with Gasteiger partial charge in [-0.05, 0) is 23.8 Å². The van der Waals surface area contributed by atoms with Gasteiger partial charge < -0.3 is 4.57 Å². The van der Waals surface area contributed by atoms with Crippen molar-refractivity contribution < 1.29 is 4.79 Å². The minimum absolute atomic E-state index is 0.268. The first-order valence-corrected chi connectivity index (χ1v) is 8.62. The molecule has 5 nitrogen and oxygen atoms in total. The number of hydrogen-bond acceptors (Lipinski definition) is 3. The highest BCUT2D eigenvalue weighted by Crippen LogP contribution is 2.31. The molecule has 0 bridgehead atoms. The van der Waals surface area contributed by atoms with Crippen molar-refractivity contribution in [3.05, 3.63) is 90.3 Å². The topological polar surface area (TPSA) is 59.3 Å². The van der Waals surface area contributed by atoms with Crippen molar-refractivity contribution in [3.63, 3.8) is 0 Å². The number of amides is 1. The number of aromatic nitrogens is 2. The molecule has 2 aromatic carbocycles. The Hall–Kier alpha value is -3.73. The highest BCUT2D eigenvalue weighted by molar-refractivity contribution is 6.06. The summed E-state index contributed by atoms with van der Waals surface area (Å²) in [6.07, 6.45) is 4.87. The molecule has 0 unspecified atom stereocenters. The van der Waals surface area contributed by atoms with E-state index < -0.39 is 0 Å². The lowest BCUT2D eigenvalue weighted by Gasteiger charge is -2.06. The van der Waals surface area contributed by atoms with Gasteiger partial charge in [-0.3, -0.25) is 9.78 Å². The van der Waals surface area contributed by atoms with Crippen LogP contribution in [0.1, 0.15) is 15.9 Å². The molecule has 0 saturated carbocycles. The quantitative estimate of drug-likeness (QED) is 0.445. The zero-order chi connectivity index (χ0) is 18.6. The van der Waals surface area contributed by atoms with E-state index in [0.717, 1.165) is 27.7 Å². The molecule has 0 spiro atoms. The molecule has 5 heteroatoms. The van der Waals surface area contributed by atoms with Gasteiger partial charge in [-0.15, -0.1) is 0 Å². The van der Waals surface area contributed by atoms with Crippen LogP contribution in [0.4, 0.5) is 0 Å². The number of nitrogens with zero attached hydrogens (tertiary/aromatic N) is 3. The van der Waals surface area contributed by atoms with Crippen molar-refractivity contribution in [1.82, 2.24) is 15.0 Å². The van der Waals surface area contributed by atoms with Gasteiger partial charge in [-0.1, -0.05) is 48.5 Å². The Balaban J connectivity index is 1.73. The van der Waals surface area contributed by atoms with E-state index in [1.54, 1.807) is 30.7 Å². The Morgan fingerprint density at radius 3 is 2.48 bits per heavy atom. The number of para-hydroxylation sites is 1. The number of nitrogens with one attached hydrogen (secondary N) is 1. The summed E-state index contributed by atoms with van der Waals surface area (Å²) in [6, 6.07) is 21.6. The summed E-state index contributed by atoms with van der Waals surface area (Å²) in [7, 11) is 2.04. The molecule has 0 aliphatic carbocycles. The third kappa shape index (κ3) is 3.22. The number of carbonyl (C=O) groups excluding carboxylic acids is 1. The van der Waals surface area contributed by atoms with Gasteiger partial charge in [0.2, 0.25) is 0 Å². The van der Waals surface area contributed by atoms with Crippen LogP contribution in [-0.4, -0.2) is 21.7 Å². The molecule has 0 aliphatic rings. The first kappa shape index (κ1) is 16.7. The monoisotopic (exact) mass is 354 g/mol. The average molecular weight is 354 g/mol. The summed E-state index contributed by atoms with van der Waals surface area (Å²) in [5.74, 6) is -0.268. The van der Waals surface area contributed by atoms with Crippen LogP contribution in [0.15, 0.2) is 84.2 Å². The first-order chi connectivity index (χ1) is 13.3. The smallest absolute Gasteiger partial charge is 0.271 e. The summed E-state index contributed by atoms with van der Waals surface area (Å²) in [6.45, 7) is 0. The van der Waals surface area contributed by atoms with E-state index >= 15 is 0 Å². The Kier molecular flexibility index (Phi) is 4.49. The minimum atomic E-state index is -0.268. The molecule has 4 rings (SSSR count). The zero-order valence-electron chi connectivity index (χ0n) is 14.8. The number of fused-ring (bicyclic) bond motifs is 1. The molecule has 0 atom stereocenters. The molecule has 1 N–H and O–H groups in total. The fourth-order valence-corrected chi connectivity index (χ4v) is 3.22. The number of benzene rings is 2. The molecule has 2 heterocycles. The number of hydrogen-bond donors (Lipinski definition) is 1. The number of aryl methyl sites for hydroxylation is 1. The molecule has 2 aromatic heterocycles. The van der Waals surface area contributed by atoms with E-state index in [1.807, 2.05) is 37.4 Å². The zero-order valence-corrected chi connectivity index (χ0v) is 14.8. The molecular weight excluding hydrogens is 336 g/mol. The van der Waals surface area contributed by atoms with Gasteiger partial charge in [0, 0.05) is 41.5 Å². The maximum Gasteiger partial charge on any atom is 0.271 e. The predicted octanol–water partition coefficient (Wildman–Crippen LogP) is 4.00. The molecule has 27 heavy (non-hydrogen) atoms. The van der Waals surface area contributed by atoms with E-state index in [4.69, 9.17) is 0 Å². The summed E-state index contributed by atoms with van der Waals surface area (Å²) in [5.41, 5.74) is 7.34. The van der Waals surface area contributed by atoms with Crippen LogP contribution in [0.2, 0.25) is 0 Å². The maximum absolute atomic E-state index is 12.2. The number of hydrazone groups is 1. The largest absolute Gasteiger partial charge is 0.343 e. The van der Waals surface area contributed by atoms with E-state index in [9.17, 15) is 4.79 Å². The van der Waals surface area contributed by atoms with Crippen molar-refractivity contribution in [2.24, 2.45) is 12.1 Å². The molecule has 132 valence electrons. The van der Waals surface area contributed by atoms with Crippen molar-refractivity contribution >= 4 is 23.0 Å². The molecule has 0 saturated heterocycles. The van der Waals surface area contributed by atoms with Gasteiger partial charge >= 0.3 is 0 Å². The van der Waals surface area contributed by atoms with Gasteiger partial charge in [-0.2, -0.15) is 5.10 Å². The van der Waals surface area contributed by atoms with E-state index in [0.29, 0.717) is 5.56 Å². The molecule has 0 aliphatic heterocycles. The number of carbonyl (C=O) groups is 1. The molecule has 4 aromatic rings. The van der Waals surface area contributed by atoms with Crippen LogP contribution >= 0.6 is 0 Å². The second-order valence-corrected chi connectivity index (χ2v) is 6.14. The Bertz CT molecular complexity index is 1120. The van der Waals surface area contributed by atoms with E-state index in [1.165, 1.54) is 0 Å². The van der Waals surface area contributed by atoms with Crippen molar-refractivity contribution in [2.75, 3.05) is 0 Å². The van der Waals surface area contributed by atoms with Crippen LogP contribution in [-0.2, 0) is 7.05 Å². The molecule has 0 radical (unpaired) electrons. The van der Waals surface area contributed by atoms with Crippen LogP contribution in [0.5, 0.6) is 0 Å². The summed E-state index contributed by atoms with van der Waals surface area (Å²) >= 11 is 0. The Labute approximate surface area is 157 Å². The maximum atomic E-state index is 12.2. The van der Waals surface area contributed by atoms with E-state index in [-0.39, 0.29) is 5.91 Å². The SMILES string of the molecule is Cn1c(-c2ccccc2)c(C=NNC(=O)c2ccncc2)c2ccccc21. The molecular formula is C22H18N4O. The summed E-state index contributed by atoms with van der Waals surface area (Å²) < 4.78 is 2.15. The summed E-state index contributed by atoms with van der Waals surface area (Å²) in [4.78, 5) is 16.1. The van der Waals surface area contributed by atoms with Crippen molar-refractivity contribution in [3.8, 4) is 11.3 Å². The highest BCUT2D eigenvalue weighted by atomic mass is 16.2. The van der Waals surface area contributed by atoms with E-state index in [2.05, 4.69) is 44.3 Å². The Morgan fingerprint density at radius 2 is 1.70 bits per heavy atom. The fraction of sp³-hybridized carbons (Fsp3) is 0.0455. The minimum Gasteiger partial charge on any atom is -0.343 e. The van der Waals surface area contributed by atoms with Gasteiger partial charge in [0.05, 0.1) is 11.9 Å². The van der Waals surface area contributed by atoms with Gasteiger partial charge in [0.1, 0.15) is 0 Å². The standard InChI is InChI=1S/C22H18N4O/c1-26-20-10-6-5-9-18(20)19(21(26)16-7-3-2-4-8-16)15-24-25-22(27)17-11-13-23-14-12-17/h2-15H,1H3,(H,25,27). The fourth-order valence-electron chi connectivity index (χ4n) is 3.22. The summed E-state index contributed by atoms with van der Waals surface area (Å²) in [5, 5.41) is 5.29. The second kappa shape index (κ2) is 7.25. The molecule has 0 fully saturated rings. The Morgan fingerprint density at radius 1 is 1.00 bits per heavy atom. The molecule has 1 amide bonds. The van der Waals surface area contributed by atoms with Gasteiger partial charge in [0.15, 0.2) is 0 Å². The van der Waals surface area contributed by atoms with Crippen molar-refractivity contribution in [2.45, 2.75) is 0 Å². The number of pyridine rings is 1. The first-order valence-electron chi connectivity index (χ1n) is 8.62. The third-order valence-electron chi connectivity index (χ3n) is 4.50. The highest BCUT2D eigenvalue weighted by Gasteiger charge is 2.15. The average Bonchev–Trinajstić information content (AvgIpc) is 3.01. The predicted molar refractivity (Wildman–Crippen MR) is 108 cm³/mol. The third-order valence-corrected chi connectivity index (χ3v) is 4.50. The van der Waals surface area contributed by atoms with Gasteiger partial charge in [0.25, 0.3) is 5.91 Å². The number of rotatable bonds is 4. The second-order valence-electron chi connectivity index (χ2n) is 6.14. The van der Waals surface area contributed by atoms with Gasteiger partial charge in [-0.25, -0.2) is 5.43 Å². The van der Waals surface area contributed by atoms with Crippen LogP contribution in [0.25, 0.3) is 22.2 Å².